The molecule has 0 bridgehead atoms. The molecule has 0 aromatic carbocycles. The molecule has 5 heteroatoms. The summed E-state index contributed by atoms with van der Waals surface area (Å²) < 4.78 is 0. The van der Waals surface area contributed by atoms with Crippen LogP contribution in [0, 0.1) is 0 Å². The van der Waals surface area contributed by atoms with E-state index in [9.17, 15) is 9.59 Å². The van der Waals surface area contributed by atoms with Crippen LogP contribution in [0.15, 0.2) is 0 Å². The summed E-state index contributed by atoms with van der Waals surface area (Å²) in [6, 6.07) is 0. The lowest BCUT2D eigenvalue weighted by Gasteiger charge is -2.22. The Balaban J connectivity index is 3.83. The van der Waals surface area contributed by atoms with Gasteiger partial charge in [-0.1, -0.05) is 6.92 Å². The van der Waals surface area contributed by atoms with Crippen LogP contribution in [0.4, 0.5) is 0 Å². The highest BCUT2D eigenvalue weighted by atomic mass is 16.2. The summed E-state index contributed by atoms with van der Waals surface area (Å²) in [5.41, 5.74) is 0. The van der Waals surface area contributed by atoms with Crippen molar-refractivity contribution in [3.8, 4) is 0 Å². The predicted octanol–water partition coefficient (Wildman–Crippen LogP) is 0.313. The van der Waals surface area contributed by atoms with Crippen molar-refractivity contribution >= 4 is 11.8 Å². The third kappa shape index (κ3) is 8.68. The van der Waals surface area contributed by atoms with Gasteiger partial charge in [-0.3, -0.25) is 9.59 Å². The molecule has 2 amide bonds. The molecule has 0 saturated heterocycles. The number of amides is 2. The minimum atomic E-state index is 0.0294. The van der Waals surface area contributed by atoms with Crippen LogP contribution in [0.3, 0.4) is 0 Å². The zero-order chi connectivity index (χ0) is 13.3. The SMILES string of the molecule is CCC(=O)NCCN(CCCN(C)C)C(C)=O. The van der Waals surface area contributed by atoms with E-state index in [0.29, 0.717) is 19.5 Å². The number of hydrogen-bond donors (Lipinski definition) is 1. The van der Waals surface area contributed by atoms with Crippen molar-refractivity contribution in [3.63, 3.8) is 0 Å². The zero-order valence-electron chi connectivity index (χ0n) is 11.5. The van der Waals surface area contributed by atoms with Crippen LogP contribution in [0.25, 0.3) is 0 Å². The van der Waals surface area contributed by atoms with E-state index in [-0.39, 0.29) is 11.8 Å². The van der Waals surface area contributed by atoms with Crippen LogP contribution >= 0.6 is 0 Å². The summed E-state index contributed by atoms with van der Waals surface area (Å²) in [4.78, 5) is 26.3. The van der Waals surface area contributed by atoms with Gasteiger partial charge in [-0.2, -0.15) is 0 Å². The fraction of sp³-hybridized carbons (Fsp3) is 0.833. The Bertz CT molecular complexity index is 242. The number of hydrogen-bond acceptors (Lipinski definition) is 3. The first-order valence-electron chi connectivity index (χ1n) is 6.14. The van der Waals surface area contributed by atoms with Gasteiger partial charge < -0.3 is 15.1 Å². The molecule has 100 valence electrons. The van der Waals surface area contributed by atoms with E-state index >= 15 is 0 Å². The summed E-state index contributed by atoms with van der Waals surface area (Å²) in [5.74, 6) is 0.0938. The second kappa shape index (κ2) is 8.98. The van der Waals surface area contributed by atoms with Crippen molar-refractivity contribution in [2.75, 3.05) is 40.3 Å². The summed E-state index contributed by atoms with van der Waals surface area (Å²) in [7, 11) is 4.03. The van der Waals surface area contributed by atoms with Gasteiger partial charge in [0.1, 0.15) is 0 Å². The first kappa shape index (κ1) is 15.9. The van der Waals surface area contributed by atoms with E-state index in [2.05, 4.69) is 10.2 Å². The molecular formula is C12H25N3O2. The lowest BCUT2D eigenvalue weighted by Crippen LogP contribution is -2.38. The molecule has 0 spiro atoms. The molecule has 0 heterocycles. The summed E-state index contributed by atoms with van der Waals surface area (Å²) in [6.07, 6.45) is 1.44. The van der Waals surface area contributed by atoms with Crippen LogP contribution in [0.2, 0.25) is 0 Å². The van der Waals surface area contributed by atoms with Crippen molar-refractivity contribution in [1.29, 1.82) is 0 Å². The molecule has 0 saturated carbocycles. The Kier molecular flexibility index (Phi) is 8.40. The second-order valence-corrected chi connectivity index (χ2v) is 4.37. The second-order valence-electron chi connectivity index (χ2n) is 4.37. The van der Waals surface area contributed by atoms with Gasteiger partial charge >= 0.3 is 0 Å². The zero-order valence-corrected chi connectivity index (χ0v) is 11.5. The number of nitrogens with one attached hydrogen (secondary N) is 1. The van der Waals surface area contributed by atoms with Gasteiger partial charge in [0.05, 0.1) is 0 Å². The molecule has 0 aromatic heterocycles. The molecule has 0 rings (SSSR count). The highest BCUT2D eigenvalue weighted by Crippen LogP contribution is 1.93. The maximum absolute atomic E-state index is 11.4. The van der Waals surface area contributed by atoms with Gasteiger partial charge in [-0.25, -0.2) is 0 Å². The Morgan fingerprint density at radius 1 is 1.12 bits per heavy atom. The summed E-state index contributed by atoms with van der Waals surface area (Å²) in [6.45, 7) is 6.22. The minimum absolute atomic E-state index is 0.0294. The van der Waals surface area contributed by atoms with Gasteiger partial charge in [0.15, 0.2) is 0 Å². The van der Waals surface area contributed by atoms with E-state index in [0.717, 1.165) is 19.5 Å². The Morgan fingerprint density at radius 3 is 2.24 bits per heavy atom. The van der Waals surface area contributed by atoms with Crippen molar-refractivity contribution in [3.05, 3.63) is 0 Å². The smallest absolute Gasteiger partial charge is 0.219 e. The number of carbonyl (C=O) groups is 2. The van der Waals surface area contributed by atoms with Gasteiger partial charge in [-0.15, -0.1) is 0 Å². The van der Waals surface area contributed by atoms with Crippen LogP contribution < -0.4 is 5.32 Å². The third-order valence-electron chi connectivity index (χ3n) is 2.50. The summed E-state index contributed by atoms with van der Waals surface area (Å²) >= 11 is 0. The average Bonchev–Trinajstić information content (AvgIpc) is 2.25. The van der Waals surface area contributed by atoms with E-state index < -0.39 is 0 Å². The van der Waals surface area contributed by atoms with E-state index in [1.54, 1.807) is 11.8 Å². The fourth-order valence-electron chi connectivity index (χ4n) is 1.46. The first-order valence-corrected chi connectivity index (χ1v) is 6.14. The Labute approximate surface area is 104 Å². The van der Waals surface area contributed by atoms with Crippen molar-refractivity contribution in [1.82, 2.24) is 15.1 Å². The lowest BCUT2D eigenvalue weighted by molar-refractivity contribution is -0.129. The first-order chi connectivity index (χ1) is 7.97. The third-order valence-corrected chi connectivity index (χ3v) is 2.50. The average molecular weight is 243 g/mol. The minimum Gasteiger partial charge on any atom is -0.354 e. The molecule has 0 atom stereocenters. The number of rotatable bonds is 8. The molecule has 0 aromatic rings. The van der Waals surface area contributed by atoms with Crippen LogP contribution in [-0.2, 0) is 9.59 Å². The van der Waals surface area contributed by atoms with Crippen molar-refractivity contribution in [2.24, 2.45) is 0 Å². The molecule has 0 unspecified atom stereocenters. The molecule has 0 aliphatic rings. The molecule has 0 aliphatic heterocycles. The molecule has 0 radical (unpaired) electrons. The van der Waals surface area contributed by atoms with E-state index in [4.69, 9.17) is 0 Å². The van der Waals surface area contributed by atoms with Crippen molar-refractivity contribution in [2.45, 2.75) is 26.7 Å². The van der Waals surface area contributed by atoms with Crippen molar-refractivity contribution < 1.29 is 9.59 Å². The van der Waals surface area contributed by atoms with Gasteiger partial charge in [0, 0.05) is 33.0 Å². The van der Waals surface area contributed by atoms with E-state index in [1.807, 2.05) is 21.0 Å². The molecule has 0 aliphatic carbocycles. The standard InChI is InChI=1S/C12H25N3O2/c1-5-12(17)13-7-10-15(11(2)16)9-6-8-14(3)4/h5-10H2,1-4H3,(H,13,17). The van der Waals surface area contributed by atoms with Crippen LogP contribution in [0.1, 0.15) is 26.7 Å². The summed E-state index contributed by atoms with van der Waals surface area (Å²) in [5, 5.41) is 2.77. The fourth-order valence-corrected chi connectivity index (χ4v) is 1.46. The van der Waals surface area contributed by atoms with Crippen LogP contribution in [-0.4, -0.2) is 61.9 Å². The maximum Gasteiger partial charge on any atom is 0.219 e. The Morgan fingerprint density at radius 2 is 1.76 bits per heavy atom. The predicted molar refractivity (Wildman–Crippen MR) is 68.7 cm³/mol. The number of nitrogens with zero attached hydrogens (tertiary/aromatic N) is 2. The largest absolute Gasteiger partial charge is 0.354 e. The molecule has 5 nitrogen and oxygen atoms in total. The lowest BCUT2D eigenvalue weighted by atomic mass is 10.3. The van der Waals surface area contributed by atoms with Gasteiger partial charge in [0.2, 0.25) is 11.8 Å². The number of carbonyl (C=O) groups excluding carboxylic acids is 2. The van der Waals surface area contributed by atoms with Gasteiger partial charge in [-0.05, 0) is 27.1 Å². The molecule has 1 N–H and O–H groups in total. The Hall–Kier alpha value is -1.10. The molecule has 17 heavy (non-hydrogen) atoms. The van der Waals surface area contributed by atoms with E-state index in [1.165, 1.54) is 0 Å². The van der Waals surface area contributed by atoms with Crippen LogP contribution in [0.5, 0.6) is 0 Å². The molecule has 0 fully saturated rings. The normalized spacial score (nSPS) is 10.4. The topological polar surface area (TPSA) is 52.7 Å². The highest BCUT2D eigenvalue weighted by molar-refractivity contribution is 5.75. The quantitative estimate of drug-likeness (QED) is 0.667. The maximum atomic E-state index is 11.4. The highest BCUT2D eigenvalue weighted by Gasteiger charge is 2.08. The molecular weight excluding hydrogens is 218 g/mol. The van der Waals surface area contributed by atoms with Gasteiger partial charge in [0.25, 0.3) is 0 Å². The monoisotopic (exact) mass is 243 g/mol.